The van der Waals surface area contributed by atoms with Gasteiger partial charge in [-0.1, -0.05) is 18.2 Å². The number of nitrogen functional groups attached to an aromatic ring is 1. The smallest absolute Gasteiger partial charge is 0.315 e. The molecule has 2 bridgehead atoms. The summed E-state index contributed by atoms with van der Waals surface area (Å²) in [7, 11) is -3.70. The van der Waals surface area contributed by atoms with Crippen LogP contribution in [0.25, 0.3) is 28.0 Å². The summed E-state index contributed by atoms with van der Waals surface area (Å²) in [5.41, 5.74) is 15.0. The van der Waals surface area contributed by atoms with Crippen molar-refractivity contribution in [3.63, 3.8) is 0 Å². The van der Waals surface area contributed by atoms with Gasteiger partial charge in [-0.05, 0) is 62.6 Å². The van der Waals surface area contributed by atoms with E-state index in [1.54, 1.807) is 42.7 Å². The number of rotatable bonds is 6. The van der Waals surface area contributed by atoms with Crippen molar-refractivity contribution in [2.45, 2.75) is 55.5 Å². The predicted octanol–water partition coefficient (Wildman–Crippen LogP) is 3.84. The minimum Gasteiger partial charge on any atom is -0.382 e. The Bertz CT molecular complexity index is 1710. The molecule has 4 aromatic rings. The van der Waals surface area contributed by atoms with Crippen molar-refractivity contribution in [2.75, 3.05) is 12.0 Å². The highest BCUT2D eigenvalue weighted by molar-refractivity contribution is 7.91. The molecule has 40 heavy (non-hydrogen) atoms. The normalized spacial score (nSPS) is 20.8. The van der Waals surface area contributed by atoms with E-state index in [1.165, 1.54) is 10.6 Å². The Morgan fingerprint density at radius 3 is 2.42 bits per heavy atom. The monoisotopic (exact) mass is 563 g/mol. The van der Waals surface area contributed by atoms with E-state index < -0.39 is 9.84 Å². The van der Waals surface area contributed by atoms with Crippen LogP contribution < -0.4 is 11.5 Å². The number of hydrogen-bond donors (Lipinski definition) is 2. The number of aryl methyl sites for hydroxylation is 1. The largest absolute Gasteiger partial charge is 0.382 e. The standard InChI is InChI=1S/C28H30FN7O3S/c1-40(38,39)25-24(10-6-16-12-18-8-9-19(13-16)35(18)28(31)37)34-27-21(15-33-36(27)26(25)30)17-7-11-23(32-14-17)20-4-2-3-5-22(20)29/h2-5,7,11,14-16,18-19H,6,8-10,12-13,30H2,1H3,(H2,31,37). The minimum atomic E-state index is -3.70. The molecule has 2 aliphatic rings. The molecule has 4 N–H and O–H groups in total. The van der Waals surface area contributed by atoms with Gasteiger partial charge in [0.2, 0.25) is 0 Å². The molecular formula is C28H30FN7O3S. The zero-order chi connectivity index (χ0) is 28.2. The number of nitrogens with zero attached hydrogens (tertiary/aromatic N) is 5. The maximum atomic E-state index is 14.2. The highest BCUT2D eigenvalue weighted by atomic mass is 32.2. The Morgan fingerprint density at radius 1 is 1.07 bits per heavy atom. The van der Waals surface area contributed by atoms with Crippen molar-refractivity contribution in [2.24, 2.45) is 11.7 Å². The summed E-state index contributed by atoms with van der Waals surface area (Å²) in [5.74, 6) is -0.0352. The number of piperidine rings is 1. The van der Waals surface area contributed by atoms with E-state index >= 15 is 0 Å². The van der Waals surface area contributed by atoms with Gasteiger partial charge in [-0.3, -0.25) is 4.98 Å². The summed E-state index contributed by atoms with van der Waals surface area (Å²) in [5, 5.41) is 4.34. The maximum Gasteiger partial charge on any atom is 0.315 e. The van der Waals surface area contributed by atoms with Gasteiger partial charge < -0.3 is 16.4 Å². The molecule has 5 heterocycles. The van der Waals surface area contributed by atoms with E-state index in [1.807, 2.05) is 4.90 Å². The van der Waals surface area contributed by atoms with Gasteiger partial charge in [0, 0.05) is 41.2 Å². The zero-order valence-electron chi connectivity index (χ0n) is 22.0. The molecule has 3 aromatic heterocycles. The van der Waals surface area contributed by atoms with E-state index in [0.717, 1.165) is 31.9 Å². The van der Waals surface area contributed by atoms with Gasteiger partial charge in [0.1, 0.15) is 16.5 Å². The molecule has 2 unspecified atom stereocenters. The number of carbonyl (C=O) groups is 1. The number of sulfone groups is 1. The van der Waals surface area contributed by atoms with Crippen LogP contribution in [-0.2, 0) is 16.3 Å². The number of anilines is 1. The van der Waals surface area contributed by atoms with Gasteiger partial charge in [-0.15, -0.1) is 0 Å². The average molecular weight is 564 g/mol. The molecule has 2 saturated heterocycles. The first-order chi connectivity index (χ1) is 19.1. The van der Waals surface area contributed by atoms with E-state index in [4.69, 9.17) is 16.5 Å². The summed E-state index contributed by atoms with van der Waals surface area (Å²) < 4.78 is 41.2. The molecule has 2 atom stereocenters. The van der Waals surface area contributed by atoms with Gasteiger partial charge in [-0.25, -0.2) is 22.6 Å². The Labute approximate surface area is 231 Å². The van der Waals surface area contributed by atoms with Crippen LogP contribution >= 0.6 is 0 Å². The summed E-state index contributed by atoms with van der Waals surface area (Å²) in [6, 6.07) is 9.85. The van der Waals surface area contributed by atoms with Crippen LogP contribution in [0, 0.1) is 11.7 Å². The first-order valence-electron chi connectivity index (χ1n) is 13.3. The quantitative estimate of drug-likeness (QED) is 0.362. The summed E-state index contributed by atoms with van der Waals surface area (Å²) in [4.78, 5) is 22.9. The van der Waals surface area contributed by atoms with Gasteiger partial charge in [0.25, 0.3) is 0 Å². The lowest BCUT2D eigenvalue weighted by Crippen LogP contribution is -2.49. The number of primary amides is 1. The van der Waals surface area contributed by atoms with Crippen molar-refractivity contribution >= 4 is 27.3 Å². The van der Waals surface area contributed by atoms with E-state index in [2.05, 4.69) is 10.1 Å². The van der Waals surface area contributed by atoms with Crippen molar-refractivity contribution in [1.29, 1.82) is 0 Å². The fraction of sp³-hybridized carbons (Fsp3) is 0.357. The fourth-order valence-corrected chi connectivity index (χ4v) is 7.48. The average Bonchev–Trinajstić information content (AvgIpc) is 3.46. The van der Waals surface area contributed by atoms with Crippen LogP contribution in [0.2, 0.25) is 0 Å². The number of fused-ring (bicyclic) bond motifs is 3. The van der Waals surface area contributed by atoms with Crippen LogP contribution in [0.4, 0.5) is 15.0 Å². The highest BCUT2D eigenvalue weighted by Crippen LogP contribution is 2.40. The molecule has 1 aromatic carbocycles. The van der Waals surface area contributed by atoms with Crippen LogP contribution in [0.3, 0.4) is 0 Å². The summed E-state index contributed by atoms with van der Waals surface area (Å²) in [6.45, 7) is 0. The lowest BCUT2D eigenvalue weighted by atomic mass is 9.87. The molecule has 2 amide bonds. The second kappa shape index (κ2) is 9.84. The van der Waals surface area contributed by atoms with Crippen molar-refractivity contribution in [3.8, 4) is 22.4 Å². The molecular weight excluding hydrogens is 533 g/mol. The molecule has 0 saturated carbocycles. The molecule has 208 valence electrons. The molecule has 0 aliphatic carbocycles. The molecule has 12 heteroatoms. The predicted molar refractivity (Wildman–Crippen MR) is 148 cm³/mol. The Morgan fingerprint density at radius 2 is 1.80 bits per heavy atom. The summed E-state index contributed by atoms with van der Waals surface area (Å²) in [6.07, 6.45) is 9.00. The van der Waals surface area contributed by atoms with E-state index in [-0.39, 0.29) is 34.6 Å². The van der Waals surface area contributed by atoms with Gasteiger partial charge in [-0.2, -0.15) is 9.61 Å². The van der Waals surface area contributed by atoms with E-state index in [9.17, 15) is 17.6 Å². The third kappa shape index (κ3) is 4.55. The number of halogens is 1. The Kier molecular flexibility index (Phi) is 6.44. The number of carbonyl (C=O) groups excluding carboxylic acids is 1. The van der Waals surface area contributed by atoms with Crippen LogP contribution in [0.1, 0.15) is 37.8 Å². The minimum absolute atomic E-state index is 0.00769. The van der Waals surface area contributed by atoms with Crippen molar-refractivity contribution < 1.29 is 17.6 Å². The first kappa shape index (κ1) is 26.2. The number of benzene rings is 1. The van der Waals surface area contributed by atoms with Crippen molar-refractivity contribution in [1.82, 2.24) is 24.5 Å². The molecule has 6 rings (SSSR count). The molecule has 0 radical (unpaired) electrons. The van der Waals surface area contributed by atoms with Gasteiger partial charge >= 0.3 is 6.03 Å². The fourth-order valence-electron chi connectivity index (χ4n) is 6.43. The molecule has 10 nitrogen and oxygen atoms in total. The second-order valence-corrected chi connectivity index (χ2v) is 12.7. The third-order valence-corrected chi connectivity index (χ3v) is 9.36. The van der Waals surface area contributed by atoms with E-state index in [0.29, 0.717) is 52.5 Å². The van der Waals surface area contributed by atoms with Crippen LogP contribution in [0.15, 0.2) is 53.7 Å². The second-order valence-electron chi connectivity index (χ2n) is 10.8. The maximum absolute atomic E-state index is 14.2. The Hall–Kier alpha value is -4.06. The van der Waals surface area contributed by atoms with Gasteiger partial charge in [0.15, 0.2) is 15.5 Å². The number of amides is 2. The van der Waals surface area contributed by atoms with Crippen molar-refractivity contribution in [3.05, 3.63) is 60.3 Å². The third-order valence-electron chi connectivity index (χ3n) is 8.18. The Balaban J connectivity index is 1.33. The summed E-state index contributed by atoms with van der Waals surface area (Å²) >= 11 is 0. The lowest BCUT2D eigenvalue weighted by molar-refractivity contribution is 0.125. The van der Waals surface area contributed by atoms with Crippen LogP contribution in [-0.4, -0.2) is 57.3 Å². The van der Waals surface area contributed by atoms with Gasteiger partial charge in [0.05, 0.1) is 17.6 Å². The number of nitrogens with two attached hydrogens (primary N) is 2. The number of hydrogen-bond acceptors (Lipinski definition) is 7. The number of aromatic nitrogens is 4. The molecule has 0 spiro atoms. The zero-order valence-corrected chi connectivity index (χ0v) is 22.8. The SMILES string of the molecule is CS(=O)(=O)c1c(CCC2CC3CCC(C2)N3C(N)=O)nc2c(-c3ccc(-c4ccccc4F)nc3)cnn2c1N. The number of pyridine rings is 1. The lowest BCUT2D eigenvalue weighted by Gasteiger charge is -2.38. The van der Waals surface area contributed by atoms with Crippen LogP contribution in [0.5, 0.6) is 0 Å². The first-order valence-corrected chi connectivity index (χ1v) is 15.2. The molecule has 2 aliphatic heterocycles. The molecule has 2 fully saturated rings. The highest BCUT2D eigenvalue weighted by Gasteiger charge is 2.42. The number of urea groups is 1. The topological polar surface area (TPSA) is 150 Å².